The van der Waals surface area contributed by atoms with Crippen molar-refractivity contribution in [2.24, 2.45) is 0 Å². The van der Waals surface area contributed by atoms with Gasteiger partial charge in [-0.25, -0.2) is 10.4 Å². The highest BCUT2D eigenvalue weighted by atomic mass is 32.1. The van der Waals surface area contributed by atoms with E-state index in [1.165, 1.54) is 0 Å². The molecule has 3 nitrogen and oxygen atoms in total. The fourth-order valence-corrected chi connectivity index (χ4v) is 1.47. The van der Waals surface area contributed by atoms with Crippen LogP contribution in [0.25, 0.3) is 0 Å². The van der Waals surface area contributed by atoms with E-state index in [0.717, 1.165) is 0 Å². The summed E-state index contributed by atoms with van der Waals surface area (Å²) in [5, 5.41) is 1.91. The van der Waals surface area contributed by atoms with Crippen LogP contribution in [0.15, 0.2) is 0 Å². The molecule has 1 atom stereocenters. The van der Waals surface area contributed by atoms with Gasteiger partial charge in [-0.1, -0.05) is 0 Å². The second-order valence-corrected chi connectivity index (χ2v) is 3.26. The maximum Gasteiger partial charge on any atom is 0.119 e. The van der Waals surface area contributed by atoms with E-state index in [0.29, 0.717) is 6.04 Å². The van der Waals surface area contributed by atoms with E-state index < -0.39 is 0 Å². The molecule has 0 aromatic rings. The Morgan fingerprint density at radius 3 is 2.40 bits per heavy atom. The van der Waals surface area contributed by atoms with Gasteiger partial charge in [0.15, 0.2) is 0 Å². The van der Waals surface area contributed by atoms with Crippen LogP contribution in [0.2, 0.25) is 0 Å². The first-order valence-corrected chi connectivity index (χ1v) is 3.92. The molecule has 0 saturated carbocycles. The van der Waals surface area contributed by atoms with Crippen molar-refractivity contribution in [1.29, 1.82) is 0 Å². The van der Waals surface area contributed by atoms with Gasteiger partial charge in [-0.05, 0) is 13.8 Å². The van der Waals surface area contributed by atoms with Gasteiger partial charge in [-0.15, -0.1) is 12.6 Å². The Kier molecular flexibility index (Phi) is 2.57. The van der Waals surface area contributed by atoms with Gasteiger partial charge in [0, 0.05) is 13.1 Å². The molecule has 1 radical (unpaired) electrons. The molecule has 0 aliphatic carbocycles. The average molecular weight is 160 g/mol. The molecule has 4 heteroatoms. The summed E-state index contributed by atoms with van der Waals surface area (Å²) in [6.45, 7) is 6.30. The van der Waals surface area contributed by atoms with Crippen molar-refractivity contribution in [3.05, 3.63) is 6.67 Å². The lowest BCUT2D eigenvalue weighted by atomic mass is 10.4. The van der Waals surface area contributed by atoms with Gasteiger partial charge in [0.25, 0.3) is 0 Å². The Labute approximate surface area is 67.8 Å². The average Bonchev–Trinajstić information content (AvgIpc) is 2.10. The molecule has 1 heterocycles. The van der Waals surface area contributed by atoms with Crippen LogP contribution in [0.4, 0.5) is 0 Å². The summed E-state index contributed by atoms with van der Waals surface area (Å²) in [5.74, 6) is 0. The second-order valence-electron chi connectivity index (χ2n) is 2.77. The van der Waals surface area contributed by atoms with E-state index in [2.05, 4.69) is 36.8 Å². The van der Waals surface area contributed by atoms with Crippen molar-refractivity contribution < 1.29 is 0 Å². The molecule has 10 heavy (non-hydrogen) atoms. The summed E-state index contributed by atoms with van der Waals surface area (Å²) in [4.78, 5) is 2.14. The largest absolute Gasteiger partial charge is 0.257 e. The van der Waals surface area contributed by atoms with Crippen molar-refractivity contribution in [2.75, 3.05) is 7.05 Å². The highest BCUT2D eigenvalue weighted by Gasteiger charge is 2.26. The summed E-state index contributed by atoms with van der Waals surface area (Å²) in [5.41, 5.74) is 3.25. The minimum absolute atomic E-state index is 0.130. The van der Waals surface area contributed by atoms with Crippen LogP contribution in [-0.2, 0) is 0 Å². The standard InChI is InChI=1S/C6H14N3S/c1-5(2)9-4-8(3)7-6(9)10/h4-7,10H,1-3H3. The predicted molar refractivity (Wildman–Crippen MR) is 44.9 cm³/mol. The second kappa shape index (κ2) is 3.09. The molecule has 0 spiro atoms. The van der Waals surface area contributed by atoms with Crippen LogP contribution in [0, 0.1) is 6.67 Å². The van der Waals surface area contributed by atoms with E-state index in [1.807, 2.05) is 18.7 Å². The third-order valence-electron chi connectivity index (χ3n) is 1.50. The molecule has 0 bridgehead atoms. The van der Waals surface area contributed by atoms with Gasteiger partial charge in [-0.2, -0.15) is 0 Å². The van der Waals surface area contributed by atoms with Crippen LogP contribution in [0.1, 0.15) is 13.8 Å². The third-order valence-corrected chi connectivity index (χ3v) is 1.89. The molecule has 0 amide bonds. The zero-order valence-electron chi connectivity index (χ0n) is 6.57. The maximum absolute atomic E-state index is 4.33. The molecular formula is C6H14N3S. The fraction of sp³-hybridized carbons (Fsp3) is 0.833. The molecular weight excluding hydrogens is 146 g/mol. The zero-order chi connectivity index (χ0) is 7.72. The molecule has 1 unspecified atom stereocenters. The van der Waals surface area contributed by atoms with Crippen molar-refractivity contribution in [2.45, 2.75) is 25.4 Å². The number of rotatable bonds is 1. The Bertz CT molecular complexity index is 118. The fourth-order valence-electron chi connectivity index (χ4n) is 0.961. The van der Waals surface area contributed by atoms with E-state index >= 15 is 0 Å². The Morgan fingerprint density at radius 2 is 2.20 bits per heavy atom. The first-order chi connectivity index (χ1) is 4.61. The maximum atomic E-state index is 4.33. The van der Waals surface area contributed by atoms with Gasteiger partial charge < -0.3 is 0 Å². The minimum Gasteiger partial charge on any atom is -0.257 e. The summed E-state index contributed by atoms with van der Waals surface area (Å²) in [6.07, 6.45) is 0. The quantitative estimate of drug-likeness (QED) is 0.544. The van der Waals surface area contributed by atoms with E-state index in [9.17, 15) is 0 Å². The minimum atomic E-state index is 0.130. The molecule has 0 aromatic heterocycles. The van der Waals surface area contributed by atoms with Gasteiger partial charge in [0.1, 0.15) is 12.2 Å². The number of nitrogens with zero attached hydrogens (tertiary/aromatic N) is 2. The van der Waals surface area contributed by atoms with Gasteiger partial charge >= 0.3 is 0 Å². The number of thiol groups is 1. The molecule has 1 aliphatic rings. The molecule has 1 aliphatic heterocycles. The topological polar surface area (TPSA) is 18.5 Å². The van der Waals surface area contributed by atoms with E-state index in [-0.39, 0.29) is 5.50 Å². The molecule has 1 N–H and O–H groups in total. The summed E-state index contributed by atoms with van der Waals surface area (Å²) >= 11 is 4.33. The van der Waals surface area contributed by atoms with E-state index in [1.54, 1.807) is 0 Å². The van der Waals surface area contributed by atoms with Crippen molar-refractivity contribution >= 4 is 12.6 Å². The lowest BCUT2D eigenvalue weighted by Gasteiger charge is -2.21. The zero-order valence-corrected chi connectivity index (χ0v) is 7.47. The number of hydrogen-bond acceptors (Lipinski definition) is 4. The molecule has 59 valence electrons. The molecule has 1 fully saturated rings. The summed E-state index contributed by atoms with van der Waals surface area (Å²) in [6, 6.07) is 0.500. The number of hydrogen-bond donors (Lipinski definition) is 2. The predicted octanol–water partition coefficient (Wildman–Crippen LogP) is 0.479. The van der Waals surface area contributed by atoms with E-state index in [4.69, 9.17) is 0 Å². The lowest BCUT2D eigenvalue weighted by Crippen LogP contribution is -2.35. The van der Waals surface area contributed by atoms with Gasteiger partial charge in [0.2, 0.25) is 0 Å². The first kappa shape index (κ1) is 8.33. The molecule has 1 saturated heterocycles. The highest BCUT2D eigenvalue weighted by molar-refractivity contribution is 7.80. The van der Waals surface area contributed by atoms with Crippen molar-refractivity contribution in [1.82, 2.24) is 15.3 Å². The van der Waals surface area contributed by atoms with Crippen LogP contribution < -0.4 is 5.43 Å². The number of nitrogens with one attached hydrogen (secondary N) is 1. The van der Waals surface area contributed by atoms with Crippen LogP contribution >= 0.6 is 12.6 Å². The SMILES string of the molecule is CC(C)N1[CH]N(C)NC1S. The normalized spacial score (nSPS) is 30.3. The van der Waals surface area contributed by atoms with Gasteiger partial charge in [-0.3, -0.25) is 4.90 Å². The highest BCUT2D eigenvalue weighted by Crippen LogP contribution is 2.15. The van der Waals surface area contributed by atoms with Gasteiger partial charge in [0.05, 0.1) is 0 Å². The van der Waals surface area contributed by atoms with Crippen LogP contribution in [0.3, 0.4) is 0 Å². The number of hydrazine groups is 1. The Hall–Kier alpha value is 0.230. The van der Waals surface area contributed by atoms with Crippen molar-refractivity contribution in [3.63, 3.8) is 0 Å². The van der Waals surface area contributed by atoms with Crippen LogP contribution in [-0.4, -0.2) is 28.5 Å². The monoisotopic (exact) mass is 160 g/mol. The Morgan fingerprint density at radius 1 is 1.60 bits per heavy atom. The third kappa shape index (κ3) is 1.63. The summed E-state index contributed by atoms with van der Waals surface area (Å²) in [7, 11) is 1.96. The Balaban J connectivity index is 2.46. The molecule has 0 aromatic carbocycles. The van der Waals surface area contributed by atoms with Crippen molar-refractivity contribution in [3.8, 4) is 0 Å². The lowest BCUT2D eigenvalue weighted by molar-refractivity contribution is 0.283. The molecule has 1 rings (SSSR count). The summed E-state index contributed by atoms with van der Waals surface area (Å²) < 4.78 is 0. The first-order valence-electron chi connectivity index (χ1n) is 3.41. The van der Waals surface area contributed by atoms with Crippen LogP contribution in [0.5, 0.6) is 0 Å². The smallest absolute Gasteiger partial charge is 0.119 e.